The Hall–Kier alpha value is -2.77. The third-order valence-electron chi connectivity index (χ3n) is 5.86. The van der Waals surface area contributed by atoms with Crippen molar-refractivity contribution in [3.63, 3.8) is 0 Å². The number of hydrogen-bond acceptors (Lipinski definition) is 5. The number of nitrogens with zero attached hydrogens (tertiary/aromatic N) is 5. The zero-order valence-corrected chi connectivity index (χ0v) is 16.7. The average molecular weight is 396 g/mol. The van der Waals surface area contributed by atoms with Crippen LogP contribution in [0.2, 0.25) is 0 Å². The minimum absolute atomic E-state index is 0.0385. The molecule has 2 aromatic rings. The van der Waals surface area contributed by atoms with Crippen LogP contribution < -0.4 is 5.32 Å². The first-order valence-electron chi connectivity index (χ1n) is 10.6. The molecular weight excluding hydrogens is 368 g/mol. The molecule has 4 rings (SSSR count). The topological polar surface area (TPSA) is 93.0 Å². The summed E-state index contributed by atoms with van der Waals surface area (Å²) < 4.78 is 0. The summed E-state index contributed by atoms with van der Waals surface area (Å²) in [5.41, 5.74) is 0.864. The van der Waals surface area contributed by atoms with Gasteiger partial charge < -0.3 is 10.2 Å². The van der Waals surface area contributed by atoms with Crippen LogP contribution in [0.4, 0.5) is 0 Å². The Balaban J connectivity index is 1.31. The van der Waals surface area contributed by atoms with Crippen LogP contribution in [0.25, 0.3) is 11.4 Å². The first-order valence-corrected chi connectivity index (χ1v) is 10.6. The summed E-state index contributed by atoms with van der Waals surface area (Å²) in [7, 11) is 0. The van der Waals surface area contributed by atoms with Crippen molar-refractivity contribution >= 4 is 11.8 Å². The normalized spacial score (nSPS) is 20.4. The molecule has 1 aliphatic heterocycles. The van der Waals surface area contributed by atoms with Gasteiger partial charge in [0.25, 0.3) is 0 Å². The molecule has 1 aromatic heterocycles. The number of likely N-dealkylation sites (tertiary alicyclic amines) is 1. The summed E-state index contributed by atoms with van der Waals surface area (Å²) in [6.07, 6.45) is 7.47. The van der Waals surface area contributed by atoms with E-state index in [0.29, 0.717) is 25.0 Å². The van der Waals surface area contributed by atoms with Crippen molar-refractivity contribution in [2.24, 2.45) is 5.92 Å². The highest BCUT2D eigenvalue weighted by Crippen LogP contribution is 2.21. The molecule has 1 N–H and O–H groups in total. The maximum Gasteiger partial charge on any atom is 0.246 e. The number of tetrazole rings is 1. The van der Waals surface area contributed by atoms with E-state index in [0.717, 1.165) is 31.2 Å². The third-order valence-corrected chi connectivity index (χ3v) is 5.86. The molecule has 2 heterocycles. The van der Waals surface area contributed by atoms with Gasteiger partial charge in [-0.25, -0.2) is 0 Å². The van der Waals surface area contributed by atoms with E-state index in [1.54, 1.807) is 4.90 Å². The largest absolute Gasteiger partial charge is 0.353 e. The predicted molar refractivity (Wildman–Crippen MR) is 108 cm³/mol. The summed E-state index contributed by atoms with van der Waals surface area (Å²) in [5.74, 6) is 0.400. The Kier molecular flexibility index (Phi) is 6.17. The van der Waals surface area contributed by atoms with Crippen molar-refractivity contribution in [1.29, 1.82) is 0 Å². The molecule has 0 radical (unpaired) electrons. The molecule has 1 aromatic carbocycles. The van der Waals surface area contributed by atoms with Gasteiger partial charge in [0.15, 0.2) is 0 Å². The van der Waals surface area contributed by atoms with Crippen LogP contribution in [0, 0.1) is 5.92 Å². The Morgan fingerprint density at radius 1 is 1.03 bits per heavy atom. The lowest BCUT2D eigenvalue weighted by Gasteiger charge is -2.33. The molecule has 1 atom stereocenters. The second-order valence-electron chi connectivity index (χ2n) is 8.03. The van der Waals surface area contributed by atoms with Gasteiger partial charge >= 0.3 is 0 Å². The fourth-order valence-electron chi connectivity index (χ4n) is 4.22. The summed E-state index contributed by atoms with van der Waals surface area (Å²) in [4.78, 5) is 28.5. The van der Waals surface area contributed by atoms with Crippen molar-refractivity contribution in [1.82, 2.24) is 30.4 Å². The van der Waals surface area contributed by atoms with Crippen molar-refractivity contribution < 1.29 is 9.59 Å². The van der Waals surface area contributed by atoms with Crippen LogP contribution in [-0.2, 0) is 16.1 Å². The first-order chi connectivity index (χ1) is 14.2. The Morgan fingerprint density at radius 2 is 1.83 bits per heavy atom. The van der Waals surface area contributed by atoms with E-state index >= 15 is 0 Å². The smallest absolute Gasteiger partial charge is 0.246 e. The van der Waals surface area contributed by atoms with Crippen LogP contribution in [0.3, 0.4) is 0 Å². The lowest BCUT2D eigenvalue weighted by atomic mass is 9.93. The van der Waals surface area contributed by atoms with Crippen molar-refractivity contribution in [2.75, 3.05) is 13.1 Å². The van der Waals surface area contributed by atoms with Gasteiger partial charge in [0.1, 0.15) is 6.54 Å². The number of benzene rings is 1. The van der Waals surface area contributed by atoms with E-state index in [4.69, 9.17) is 0 Å². The van der Waals surface area contributed by atoms with E-state index in [1.807, 2.05) is 30.3 Å². The molecule has 1 saturated carbocycles. The number of carbonyl (C=O) groups excluding carboxylic acids is 2. The highest BCUT2D eigenvalue weighted by Gasteiger charge is 2.30. The molecule has 154 valence electrons. The van der Waals surface area contributed by atoms with Crippen LogP contribution in [0.1, 0.15) is 44.9 Å². The number of nitrogens with one attached hydrogen (secondary N) is 1. The maximum atomic E-state index is 12.7. The van der Waals surface area contributed by atoms with Crippen molar-refractivity contribution in [3.8, 4) is 11.4 Å². The van der Waals surface area contributed by atoms with Gasteiger partial charge in [-0.3, -0.25) is 9.59 Å². The Bertz CT molecular complexity index is 831. The van der Waals surface area contributed by atoms with Gasteiger partial charge in [0.05, 0.1) is 5.92 Å². The zero-order valence-electron chi connectivity index (χ0n) is 16.7. The van der Waals surface area contributed by atoms with Crippen LogP contribution in [0.5, 0.6) is 0 Å². The third kappa shape index (κ3) is 4.99. The van der Waals surface area contributed by atoms with E-state index in [2.05, 4.69) is 20.7 Å². The fraction of sp³-hybridized carbons (Fsp3) is 0.571. The molecule has 8 nitrogen and oxygen atoms in total. The van der Waals surface area contributed by atoms with E-state index < -0.39 is 0 Å². The Morgan fingerprint density at radius 3 is 2.62 bits per heavy atom. The lowest BCUT2D eigenvalue weighted by molar-refractivity contribution is -0.136. The second-order valence-corrected chi connectivity index (χ2v) is 8.03. The minimum atomic E-state index is -0.127. The van der Waals surface area contributed by atoms with E-state index in [1.165, 1.54) is 24.1 Å². The molecule has 1 aliphatic carbocycles. The second kappa shape index (κ2) is 9.15. The molecule has 2 amide bonds. The summed E-state index contributed by atoms with van der Waals surface area (Å²) in [6.45, 7) is 1.18. The summed E-state index contributed by atoms with van der Waals surface area (Å²) in [6, 6.07) is 9.86. The highest BCUT2D eigenvalue weighted by molar-refractivity contribution is 5.81. The van der Waals surface area contributed by atoms with Gasteiger partial charge in [-0.2, -0.15) is 4.80 Å². The van der Waals surface area contributed by atoms with Gasteiger partial charge in [0.2, 0.25) is 17.6 Å². The van der Waals surface area contributed by atoms with Crippen LogP contribution >= 0.6 is 0 Å². The van der Waals surface area contributed by atoms with E-state index in [-0.39, 0.29) is 24.3 Å². The van der Waals surface area contributed by atoms with Gasteiger partial charge in [-0.15, -0.1) is 10.2 Å². The van der Waals surface area contributed by atoms with Crippen molar-refractivity contribution in [3.05, 3.63) is 30.3 Å². The SMILES string of the molecule is O=C(NC1CCCCC1)C1CCCN(C(=O)Cn2nnc(-c3ccccc3)n2)C1. The van der Waals surface area contributed by atoms with Crippen LogP contribution in [-0.4, -0.2) is 56.1 Å². The summed E-state index contributed by atoms with van der Waals surface area (Å²) in [5, 5.41) is 15.6. The zero-order chi connectivity index (χ0) is 20.1. The standard InChI is InChI=1S/C21H28N6O2/c28-19(15-27-24-20(23-25-27)16-8-3-1-4-9-16)26-13-7-10-17(14-26)21(29)22-18-11-5-2-6-12-18/h1,3-4,8-9,17-18H,2,5-7,10-15H2,(H,22,29). The molecule has 0 bridgehead atoms. The number of carbonyl (C=O) groups is 2. The monoisotopic (exact) mass is 396 g/mol. The Labute approximate surface area is 170 Å². The molecule has 2 fully saturated rings. The molecule has 8 heteroatoms. The predicted octanol–water partition coefficient (Wildman–Crippen LogP) is 2.03. The number of piperidine rings is 1. The molecule has 29 heavy (non-hydrogen) atoms. The highest BCUT2D eigenvalue weighted by atomic mass is 16.2. The van der Waals surface area contributed by atoms with Gasteiger partial charge in [-0.1, -0.05) is 49.6 Å². The number of hydrogen-bond donors (Lipinski definition) is 1. The van der Waals surface area contributed by atoms with E-state index in [9.17, 15) is 9.59 Å². The number of amides is 2. The molecule has 0 spiro atoms. The van der Waals surface area contributed by atoms with Gasteiger partial charge in [-0.05, 0) is 30.9 Å². The quantitative estimate of drug-likeness (QED) is 0.835. The summed E-state index contributed by atoms with van der Waals surface area (Å²) >= 11 is 0. The molecule has 1 saturated heterocycles. The van der Waals surface area contributed by atoms with Gasteiger partial charge in [0, 0.05) is 24.7 Å². The first kappa shape index (κ1) is 19.5. The maximum absolute atomic E-state index is 12.7. The number of aromatic nitrogens is 4. The van der Waals surface area contributed by atoms with Crippen molar-refractivity contribution in [2.45, 2.75) is 57.5 Å². The molecular formula is C21H28N6O2. The number of rotatable bonds is 5. The average Bonchev–Trinajstić information content (AvgIpc) is 3.23. The molecule has 2 aliphatic rings. The molecule has 1 unspecified atom stereocenters. The van der Waals surface area contributed by atoms with Crippen LogP contribution in [0.15, 0.2) is 30.3 Å². The minimum Gasteiger partial charge on any atom is -0.353 e. The lowest BCUT2D eigenvalue weighted by Crippen LogP contribution is -2.48. The fourth-order valence-corrected chi connectivity index (χ4v) is 4.22.